The Labute approximate surface area is 92.2 Å². The number of ether oxygens (including phenoxy) is 4. The van der Waals surface area contributed by atoms with Gasteiger partial charge in [0.25, 0.3) is 0 Å². The van der Waals surface area contributed by atoms with E-state index in [2.05, 4.69) is 9.47 Å². The molecule has 2 unspecified atom stereocenters. The van der Waals surface area contributed by atoms with Crippen LogP contribution < -0.4 is 0 Å². The van der Waals surface area contributed by atoms with E-state index in [9.17, 15) is 9.59 Å². The second kappa shape index (κ2) is 4.56. The Morgan fingerprint density at radius 2 is 1.50 bits per heavy atom. The molecule has 2 saturated heterocycles. The fourth-order valence-corrected chi connectivity index (χ4v) is 1.68. The minimum atomic E-state index is -0.631. The molecule has 2 aliphatic heterocycles. The second-order valence-electron chi connectivity index (χ2n) is 3.82. The third-order valence-electron chi connectivity index (χ3n) is 2.33. The van der Waals surface area contributed by atoms with Crippen LogP contribution in [0.15, 0.2) is 0 Å². The van der Waals surface area contributed by atoms with Gasteiger partial charge in [-0.1, -0.05) is 0 Å². The van der Waals surface area contributed by atoms with Crippen molar-refractivity contribution in [1.29, 1.82) is 0 Å². The lowest BCUT2D eigenvalue weighted by molar-refractivity contribution is 0.0856. The van der Waals surface area contributed by atoms with E-state index >= 15 is 0 Å². The van der Waals surface area contributed by atoms with Crippen LogP contribution in [0.4, 0.5) is 9.59 Å². The molecule has 0 aliphatic carbocycles. The van der Waals surface area contributed by atoms with Crippen molar-refractivity contribution in [3.8, 4) is 0 Å². The molecular weight excluding hydrogens is 218 g/mol. The highest BCUT2D eigenvalue weighted by Gasteiger charge is 2.29. The van der Waals surface area contributed by atoms with Crippen LogP contribution in [0.25, 0.3) is 0 Å². The summed E-state index contributed by atoms with van der Waals surface area (Å²) in [5.41, 5.74) is 0. The van der Waals surface area contributed by atoms with Gasteiger partial charge in [-0.25, -0.2) is 9.59 Å². The third-order valence-corrected chi connectivity index (χ3v) is 2.33. The molecule has 0 bridgehead atoms. The number of cyclic esters (lactones) is 4. The summed E-state index contributed by atoms with van der Waals surface area (Å²) in [6.07, 6.45) is -1.77. The molecule has 2 rings (SSSR count). The van der Waals surface area contributed by atoms with E-state index in [4.69, 9.17) is 9.47 Å². The van der Waals surface area contributed by atoms with Crippen molar-refractivity contribution in [1.82, 2.24) is 4.90 Å². The number of carbonyl (C=O) groups excluding carboxylic acids is 2. The average molecular weight is 231 g/mol. The molecule has 2 heterocycles. The maximum Gasteiger partial charge on any atom is 0.508 e. The fourth-order valence-electron chi connectivity index (χ4n) is 1.68. The summed E-state index contributed by atoms with van der Waals surface area (Å²) in [5, 5.41) is 0. The third kappa shape index (κ3) is 2.75. The molecule has 0 aromatic heterocycles. The summed E-state index contributed by atoms with van der Waals surface area (Å²) >= 11 is 0. The smallest absolute Gasteiger partial charge is 0.430 e. The van der Waals surface area contributed by atoms with E-state index in [1.54, 1.807) is 0 Å². The van der Waals surface area contributed by atoms with E-state index in [-0.39, 0.29) is 25.4 Å². The van der Waals surface area contributed by atoms with Gasteiger partial charge in [0.1, 0.15) is 13.2 Å². The highest BCUT2D eigenvalue weighted by Crippen LogP contribution is 2.10. The predicted octanol–water partition coefficient (Wildman–Crippen LogP) is -0.0110. The van der Waals surface area contributed by atoms with Crippen molar-refractivity contribution in [3.63, 3.8) is 0 Å². The zero-order chi connectivity index (χ0) is 11.5. The Morgan fingerprint density at radius 3 is 1.81 bits per heavy atom. The van der Waals surface area contributed by atoms with Crippen LogP contribution in [0.1, 0.15) is 0 Å². The molecule has 7 nitrogen and oxygen atoms in total. The highest BCUT2D eigenvalue weighted by atomic mass is 16.8. The molecule has 0 saturated carbocycles. The minimum absolute atomic E-state index is 0.254. The zero-order valence-electron chi connectivity index (χ0n) is 8.88. The maximum absolute atomic E-state index is 10.7. The van der Waals surface area contributed by atoms with Crippen molar-refractivity contribution >= 4 is 12.3 Å². The summed E-state index contributed by atoms with van der Waals surface area (Å²) in [4.78, 5) is 23.2. The van der Waals surface area contributed by atoms with Crippen molar-refractivity contribution in [2.24, 2.45) is 0 Å². The van der Waals surface area contributed by atoms with Gasteiger partial charge in [0.15, 0.2) is 12.2 Å². The van der Waals surface area contributed by atoms with Crippen LogP contribution >= 0.6 is 0 Å². The van der Waals surface area contributed by atoms with Gasteiger partial charge in [0.05, 0.1) is 0 Å². The second-order valence-corrected chi connectivity index (χ2v) is 3.82. The topological polar surface area (TPSA) is 74.3 Å². The Kier molecular flexibility index (Phi) is 3.14. The molecule has 0 N–H and O–H groups in total. The van der Waals surface area contributed by atoms with Crippen molar-refractivity contribution < 1.29 is 28.5 Å². The quantitative estimate of drug-likeness (QED) is 0.630. The Balaban J connectivity index is 1.70. The molecule has 16 heavy (non-hydrogen) atoms. The van der Waals surface area contributed by atoms with E-state index in [0.29, 0.717) is 13.1 Å². The molecule has 2 fully saturated rings. The molecule has 90 valence electrons. The average Bonchev–Trinajstić information content (AvgIpc) is 2.76. The standard InChI is InChI=1S/C9H13NO6/c1-10(2-6-4-13-8(11)15-6)3-7-5-14-9(12)16-7/h6-7H,2-5H2,1H3. The molecule has 7 heteroatoms. The van der Waals surface area contributed by atoms with Crippen molar-refractivity contribution in [3.05, 3.63) is 0 Å². The first kappa shape index (κ1) is 11.0. The van der Waals surface area contributed by atoms with Gasteiger partial charge >= 0.3 is 12.3 Å². The normalized spacial score (nSPS) is 28.6. The molecule has 0 aromatic rings. The zero-order valence-corrected chi connectivity index (χ0v) is 8.88. The first-order valence-corrected chi connectivity index (χ1v) is 4.99. The largest absolute Gasteiger partial charge is 0.508 e. The molecule has 0 aromatic carbocycles. The highest BCUT2D eigenvalue weighted by molar-refractivity contribution is 5.62. The number of rotatable bonds is 4. The lowest BCUT2D eigenvalue weighted by Crippen LogP contribution is -2.36. The number of carbonyl (C=O) groups is 2. The van der Waals surface area contributed by atoms with Gasteiger partial charge in [-0.2, -0.15) is 0 Å². The first-order valence-electron chi connectivity index (χ1n) is 4.99. The van der Waals surface area contributed by atoms with Crippen molar-refractivity contribution in [2.75, 3.05) is 33.4 Å². The van der Waals surface area contributed by atoms with Crippen LogP contribution in [-0.2, 0) is 18.9 Å². The summed E-state index contributed by atoms with van der Waals surface area (Å²) in [6, 6.07) is 0. The predicted molar refractivity (Wildman–Crippen MR) is 49.9 cm³/mol. The van der Waals surface area contributed by atoms with Crippen LogP contribution in [0.2, 0.25) is 0 Å². The van der Waals surface area contributed by atoms with E-state index < -0.39 is 12.3 Å². The summed E-state index contributed by atoms with van der Waals surface area (Å²) < 4.78 is 19.1. The van der Waals surface area contributed by atoms with Gasteiger partial charge in [0, 0.05) is 13.1 Å². The lowest BCUT2D eigenvalue weighted by Gasteiger charge is -2.20. The number of hydrogen-bond donors (Lipinski definition) is 0. The Bertz CT molecular complexity index is 266. The molecule has 2 aliphatic rings. The van der Waals surface area contributed by atoms with E-state index in [0.717, 1.165) is 0 Å². The van der Waals surface area contributed by atoms with Crippen LogP contribution in [0, 0.1) is 0 Å². The van der Waals surface area contributed by atoms with Gasteiger partial charge in [-0.05, 0) is 7.05 Å². The maximum atomic E-state index is 10.7. The summed E-state index contributed by atoms with van der Waals surface area (Å²) in [7, 11) is 1.85. The molecule has 0 spiro atoms. The Morgan fingerprint density at radius 1 is 1.06 bits per heavy atom. The number of likely N-dealkylation sites (N-methyl/N-ethyl adjacent to an activating group) is 1. The monoisotopic (exact) mass is 231 g/mol. The van der Waals surface area contributed by atoms with Crippen LogP contribution in [0.5, 0.6) is 0 Å². The van der Waals surface area contributed by atoms with E-state index in [1.165, 1.54) is 0 Å². The summed E-state index contributed by atoms with van der Waals surface area (Å²) in [6.45, 7) is 1.62. The van der Waals surface area contributed by atoms with Gasteiger partial charge < -0.3 is 18.9 Å². The van der Waals surface area contributed by atoms with Gasteiger partial charge in [-0.15, -0.1) is 0 Å². The van der Waals surface area contributed by atoms with Gasteiger partial charge in [0.2, 0.25) is 0 Å². The number of nitrogens with zero attached hydrogens (tertiary/aromatic N) is 1. The lowest BCUT2D eigenvalue weighted by atomic mass is 10.3. The van der Waals surface area contributed by atoms with Crippen LogP contribution in [0.3, 0.4) is 0 Å². The van der Waals surface area contributed by atoms with Crippen LogP contribution in [-0.4, -0.2) is 62.8 Å². The first-order chi connectivity index (χ1) is 7.63. The summed E-state index contributed by atoms with van der Waals surface area (Å²) in [5.74, 6) is 0. The SMILES string of the molecule is CN(CC1COC(=O)O1)CC1COC(=O)O1. The van der Waals surface area contributed by atoms with E-state index in [1.807, 2.05) is 11.9 Å². The van der Waals surface area contributed by atoms with Crippen molar-refractivity contribution in [2.45, 2.75) is 12.2 Å². The Hall–Kier alpha value is -1.50. The fraction of sp³-hybridized carbons (Fsp3) is 0.778. The molecule has 0 amide bonds. The van der Waals surface area contributed by atoms with Gasteiger partial charge in [-0.3, -0.25) is 4.90 Å². The molecular formula is C9H13NO6. The number of hydrogen-bond acceptors (Lipinski definition) is 7. The molecule has 2 atom stereocenters. The minimum Gasteiger partial charge on any atom is -0.430 e. The molecule has 0 radical (unpaired) electrons.